The first-order valence-corrected chi connectivity index (χ1v) is 13.9. The third kappa shape index (κ3) is 5.75. The fourth-order valence-corrected chi connectivity index (χ4v) is 5.87. The number of hydrogen-bond donors (Lipinski definition) is 2. The van der Waals surface area contributed by atoms with Crippen LogP contribution in [-0.4, -0.2) is 41.4 Å². The zero-order valence-electron chi connectivity index (χ0n) is 21.6. The molecule has 3 N–H and O–H groups in total. The first-order chi connectivity index (χ1) is 18.2. The molecule has 1 aliphatic carbocycles. The van der Waals surface area contributed by atoms with Crippen LogP contribution in [0.15, 0.2) is 72.8 Å². The molecule has 0 bridgehead atoms. The summed E-state index contributed by atoms with van der Waals surface area (Å²) < 4.78 is 0. The smallest absolute Gasteiger partial charge is 0.245 e. The fourth-order valence-electron chi connectivity index (χ4n) is 5.28. The molecule has 3 aromatic rings. The van der Waals surface area contributed by atoms with Crippen LogP contribution in [0.5, 0.6) is 0 Å². The van der Waals surface area contributed by atoms with E-state index in [2.05, 4.69) is 29.6 Å². The highest BCUT2D eigenvalue weighted by atomic mass is 35.5. The van der Waals surface area contributed by atoms with Gasteiger partial charge in [-0.2, -0.15) is 0 Å². The second kappa shape index (κ2) is 10.7. The number of carbonyl (C=O) groups is 2. The molecular formula is C31H33Cl2N3O2. The molecule has 1 heterocycles. The van der Waals surface area contributed by atoms with Crippen molar-refractivity contribution in [2.75, 3.05) is 13.1 Å². The van der Waals surface area contributed by atoms with Gasteiger partial charge in [-0.1, -0.05) is 83.9 Å². The first kappa shape index (κ1) is 26.7. The zero-order chi connectivity index (χ0) is 26.9. The molecule has 0 spiro atoms. The summed E-state index contributed by atoms with van der Waals surface area (Å²) in [6, 6.07) is 22.9. The lowest BCUT2D eigenvalue weighted by Gasteiger charge is -2.38. The minimum atomic E-state index is -0.727. The van der Waals surface area contributed by atoms with Crippen molar-refractivity contribution >= 4 is 35.0 Å². The van der Waals surface area contributed by atoms with Crippen LogP contribution in [0.1, 0.15) is 43.7 Å². The van der Waals surface area contributed by atoms with Crippen molar-refractivity contribution in [1.82, 2.24) is 10.2 Å². The van der Waals surface area contributed by atoms with Crippen molar-refractivity contribution in [1.29, 1.82) is 0 Å². The summed E-state index contributed by atoms with van der Waals surface area (Å²) in [4.78, 5) is 29.3. The summed E-state index contributed by atoms with van der Waals surface area (Å²) >= 11 is 12.6. The van der Waals surface area contributed by atoms with Gasteiger partial charge < -0.3 is 16.0 Å². The highest BCUT2D eigenvalue weighted by Gasteiger charge is 2.53. The van der Waals surface area contributed by atoms with Crippen molar-refractivity contribution < 1.29 is 9.59 Å². The molecule has 2 aliphatic rings. The van der Waals surface area contributed by atoms with E-state index in [1.807, 2.05) is 48.2 Å². The van der Waals surface area contributed by atoms with E-state index in [4.69, 9.17) is 28.9 Å². The second-order valence-corrected chi connectivity index (χ2v) is 11.8. The molecule has 5 nitrogen and oxygen atoms in total. The van der Waals surface area contributed by atoms with E-state index in [9.17, 15) is 9.59 Å². The van der Waals surface area contributed by atoms with Crippen LogP contribution in [0.25, 0.3) is 11.1 Å². The highest BCUT2D eigenvalue weighted by molar-refractivity contribution is 6.35. The van der Waals surface area contributed by atoms with Crippen LogP contribution in [0, 0.1) is 0 Å². The van der Waals surface area contributed by atoms with Crippen LogP contribution < -0.4 is 11.1 Å². The van der Waals surface area contributed by atoms with Gasteiger partial charge >= 0.3 is 0 Å². The van der Waals surface area contributed by atoms with Gasteiger partial charge in [0.2, 0.25) is 11.8 Å². The molecule has 38 heavy (non-hydrogen) atoms. The minimum Gasteiger partial charge on any atom is -0.343 e. The van der Waals surface area contributed by atoms with Gasteiger partial charge in [0, 0.05) is 35.1 Å². The van der Waals surface area contributed by atoms with Crippen LogP contribution in [0.3, 0.4) is 0 Å². The van der Waals surface area contributed by atoms with Crippen molar-refractivity contribution in [2.24, 2.45) is 5.73 Å². The average molecular weight is 551 g/mol. The highest BCUT2D eigenvalue weighted by Crippen LogP contribution is 2.51. The Labute approximate surface area is 234 Å². The van der Waals surface area contributed by atoms with E-state index in [1.54, 1.807) is 12.1 Å². The number of hydrogen-bond acceptors (Lipinski definition) is 3. The SMILES string of the molecule is CC1(N)CCN(C(=O)[C@H](Cc2ccc(-c3ccccc3)cc2)NC(=O)C2(c3ccc(Cl)cc3Cl)CC2)CC1. The zero-order valence-corrected chi connectivity index (χ0v) is 23.1. The van der Waals surface area contributed by atoms with Gasteiger partial charge in [-0.25, -0.2) is 0 Å². The van der Waals surface area contributed by atoms with Gasteiger partial charge in [0.15, 0.2) is 0 Å². The van der Waals surface area contributed by atoms with E-state index >= 15 is 0 Å². The number of amides is 2. The molecule has 2 amide bonds. The fraction of sp³-hybridized carbons (Fsp3) is 0.355. The number of nitrogens with zero attached hydrogens (tertiary/aromatic N) is 1. The summed E-state index contributed by atoms with van der Waals surface area (Å²) in [6.45, 7) is 3.19. The second-order valence-electron chi connectivity index (χ2n) is 11.0. The van der Waals surface area contributed by atoms with Crippen LogP contribution in [0.4, 0.5) is 0 Å². The van der Waals surface area contributed by atoms with Crippen LogP contribution >= 0.6 is 23.2 Å². The largest absolute Gasteiger partial charge is 0.343 e. The van der Waals surface area contributed by atoms with E-state index < -0.39 is 11.5 Å². The quantitative estimate of drug-likeness (QED) is 0.393. The monoisotopic (exact) mass is 549 g/mol. The van der Waals surface area contributed by atoms with Crippen molar-refractivity contribution in [3.05, 3.63) is 94.0 Å². The van der Waals surface area contributed by atoms with Crippen molar-refractivity contribution in [3.8, 4) is 11.1 Å². The predicted molar refractivity (Wildman–Crippen MR) is 153 cm³/mol. The number of rotatable bonds is 7. The predicted octanol–water partition coefficient (Wildman–Crippen LogP) is 5.76. The maximum Gasteiger partial charge on any atom is 0.245 e. The Morgan fingerprint density at radius 2 is 1.55 bits per heavy atom. The Morgan fingerprint density at radius 1 is 0.921 bits per heavy atom. The maximum absolute atomic E-state index is 13.8. The van der Waals surface area contributed by atoms with E-state index in [0.717, 1.165) is 35.1 Å². The molecule has 1 saturated carbocycles. The standard InChI is InChI=1S/C31H33Cl2N3O2/c1-30(34)15-17-36(18-16-30)28(37)27(19-21-7-9-23(10-8-21)22-5-3-2-4-6-22)35-29(38)31(13-14-31)25-12-11-24(32)20-26(25)33/h2-12,20,27H,13-19,34H2,1H3,(H,35,38)/t27-/m0/s1. The molecule has 1 atom stereocenters. The topological polar surface area (TPSA) is 75.4 Å². The Bertz CT molecular complexity index is 1310. The lowest BCUT2D eigenvalue weighted by molar-refractivity contribution is -0.138. The van der Waals surface area contributed by atoms with Gasteiger partial charge in [-0.15, -0.1) is 0 Å². The van der Waals surface area contributed by atoms with Crippen LogP contribution in [-0.2, 0) is 21.4 Å². The number of carbonyl (C=O) groups excluding carboxylic acids is 2. The number of likely N-dealkylation sites (tertiary alicyclic amines) is 1. The Kier molecular flexibility index (Phi) is 7.54. The number of piperidine rings is 1. The molecule has 2 fully saturated rings. The molecular weight excluding hydrogens is 517 g/mol. The van der Waals surface area contributed by atoms with Crippen molar-refractivity contribution in [3.63, 3.8) is 0 Å². The van der Waals surface area contributed by atoms with E-state index in [1.165, 1.54) is 0 Å². The first-order valence-electron chi connectivity index (χ1n) is 13.2. The molecule has 5 rings (SSSR count). The van der Waals surface area contributed by atoms with Crippen LogP contribution in [0.2, 0.25) is 10.0 Å². The van der Waals surface area contributed by atoms with E-state index in [-0.39, 0.29) is 17.4 Å². The summed E-state index contributed by atoms with van der Waals surface area (Å²) in [5, 5.41) is 4.12. The number of nitrogens with two attached hydrogens (primary N) is 1. The molecule has 1 saturated heterocycles. The maximum atomic E-state index is 13.8. The summed E-state index contributed by atoms with van der Waals surface area (Å²) in [6.07, 6.45) is 3.23. The molecule has 0 radical (unpaired) electrons. The number of halogens is 2. The molecule has 7 heteroatoms. The molecule has 0 unspecified atom stereocenters. The van der Waals surface area contributed by atoms with Gasteiger partial charge in [0.05, 0.1) is 5.41 Å². The Morgan fingerprint density at radius 3 is 2.16 bits per heavy atom. The molecule has 1 aliphatic heterocycles. The lowest BCUT2D eigenvalue weighted by atomic mass is 9.90. The van der Waals surface area contributed by atoms with Crippen molar-refractivity contribution in [2.45, 2.75) is 56.0 Å². The Hall–Kier alpha value is -2.86. The summed E-state index contributed by atoms with van der Waals surface area (Å²) in [5.41, 5.74) is 9.29. The third-order valence-electron chi connectivity index (χ3n) is 7.95. The van der Waals surface area contributed by atoms with Gasteiger partial charge in [-0.05, 0) is 67.0 Å². The molecule has 3 aromatic carbocycles. The number of benzene rings is 3. The van der Waals surface area contributed by atoms with Gasteiger partial charge in [0.1, 0.15) is 6.04 Å². The summed E-state index contributed by atoms with van der Waals surface area (Å²) in [7, 11) is 0. The minimum absolute atomic E-state index is 0.0704. The molecule has 198 valence electrons. The lowest BCUT2D eigenvalue weighted by Crippen LogP contribution is -2.56. The third-order valence-corrected chi connectivity index (χ3v) is 8.50. The van der Waals surface area contributed by atoms with Gasteiger partial charge in [0.25, 0.3) is 0 Å². The molecule has 0 aromatic heterocycles. The normalized spacial score (nSPS) is 18.5. The number of nitrogens with one attached hydrogen (secondary N) is 1. The summed E-state index contributed by atoms with van der Waals surface area (Å²) in [5.74, 6) is -0.236. The van der Waals surface area contributed by atoms with Gasteiger partial charge in [-0.3, -0.25) is 9.59 Å². The Balaban J connectivity index is 1.37. The average Bonchev–Trinajstić information content (AvgIpc) is 3.71. The van der Waals surface area contributed by atoms with E-state index in [0.29, 0.717) is 42.4 Å².